The standard InChI is InChI=1S/C35H59N11O8/c36-16-6-4-13-24(42-29(48)23(38)12-8-18-41-35(39)40)30(49)44-26(20-22-10-2-1-3-11-22)32(51)43-25(14-5-7-17-37)31(50)45-27(21-47)33(52)46-19-9-15-28(46)34(53)54/h1-3,10-11,23-28,47H,4-9,12-21,36-38H2,(H,42,48)(H,43,51)(H,44,49)(H,45,50)(H,53,54)(H4,39,40,41)/t23-,24-,25-,26-,27-,28-/m0/s1. The molecule has 0 bridgehead atoms. The Labute approximate surface area is 315 Å². The van der Waals surface area contributed by atoms with E-state index in [1.807, 2.05) is 0 Å². The van der Waals surface area contributed by atoms with E-state index in [1.165, 1.54) is 0 Å². The number of amides is 5. The fourth-order valence-corrected chi connectivity index (χ4v) is 6.00. The summed E-state index contributed by atoms with van der Waals surface area (Å²) in [5.41, 5.74) is 28.8. The minimum Gasteiger partial charge on any atom is -0.480 e. The summed E-state index contributed by atoms with van der Waals surface area (Å²) in [4.78, 5) is 84.3. The van der Waals surface area contributed by atoms with Crippen molar-refractivity contribution in [1.82, 2.24) is 26.2 Å². The van der Waals surface area contributed by atoms with Gasteiger partial charge in [-0.2, -0.15) is 0 Å². The first kappa shape index (κ1) is 45.3. The number of aliphatic carboxylic acids is 1. The van der Waals surface area contributed by atoms with Crippen molar-refractivity contribution < 1.29 is 39.0 Å². The molecule has 0 spiro atoms. The molecule has 6 atom stereocenters. The van der Waals surface area contributed by atoms with Crippen LogP contribution in [0.15, 0.2) is 35.3 Å². The van der Waals surface area contributed by atoms with Crippen molar-refractivity contribution in [1.29, 1.82) is 0 Å². The number of aliphatic hydroxyl groups excluding tert-OH is 1. The average Bonchev–Trinajstić information content (AvgIpc) is 3.65. The Morgan fingerprint density at radius 1 is 0.759 bits per heavy atom. The lowest BCUT2D eigenvalue weighted by Crippen LogP contribution is -2.60. The Kier molecular flexibility index (Phi) is 20.5. The molecule has 0 aliphatic carbocycles. The maximum Gasteiger partial charge on any atom is 0.326 e. The Morgan fingerprint density at radius 3 is 1.83 bits per heavy atom. The van der Waals surface area contributed by atoms with Crippen LogP contribution in [-0.4, -0.2) is 126 Å². The second kappa shape index (κ2) is 24.5. The van der Waals surface area contributed by atoms with E-state index in [-0.39, 0.29) is 51.2 Å². The molecule has 19 heteroatoms. The van der Waals surface area contributed by atoms with Gasteiger partial charge in [0.1, 0.15) is 30.2 Å². The van der Waals surface area contributed by atoms with E-state index in [1.54, 1.807) is 30.3 Å². The molecule has 1 aliphatic rings. The van der Waals surface area contributed by atoms with Crippen LogP contribution in [-0.2, 0) is 35.2 Å². The second-order valence-electron chi connectivity index (χ2n) is 13.3. The lowest BCUT2D eigenvalue weighted by Gasteiger charge is -2.29. The number of unbranched alkanes of at least 4 members (excludes halogenated alkanes) is 2. The van der Waals surface area contributed by atoms with Crippen molar-refractivity contribution >= 4 is 41.5 Å². The molecular weight excluding hydrogens is 702 g/mol. The lowest BCUT2D eigenvalue weighted by molar-refractivity contribution is -0.150. The largest absolute Gasteiger partial charge is 0.480 e. The number of carboxylic acids is 1. The maximum absolute atomic E-state index is 14.0. The number of carbonyl (C=O) groups is 6. The number of aliphatic hydroxyl groups is 1. The summed E-state index contributed by atoms with van der Waals surface area (Å²) in [6.45, 7) is 0.293. The van der Waals surface area contributed by atoms with Gasteiger partial charge in [-0.25, -0.2) is 4.79 Å². The minimum atomic E-state index is -1.46. The summed E-state index contributed by atoms with van der Waals surface area (Å²) in [5.74, 6) is -4.77. The van der Waals surface area contributed by atoms with Gasteiger partial charge in [-0.05, 0) is 82.9 Å². The van der Waals surface area contributed by atoms with Crippen molar-refractivity contribution in [2.75, 3.05) is 32.8 Å². The summed E-state index contributed by atoms with van der Waals surface area (Å²) >= 11 is 0. The molecule has 2 rings (SSSR count). The zero-order valence-corrected chi connectivity index (χ0v) is 30.8. The molecule has 5 amide bonds. The van der Waals surface area contributed by atoms with Crippen LogP contribution in [0.4, 0.5) is 0 Å². The molecule has 16 N–H and O–H groups in total. The number of aliphatic imine (C=N–C) groups is 1. The van der Waals surface area contributed by atoms with Crippen LogP contribution >= 0.6 is 0 Å². The number of hydrogen-bond donors (Lipinski definition) is 11. The number of benzene rings is 1. The highest BCUT2D eigenvalue weighted by molar-refractivity contribution is 5.96. The van der Waals surface area contributed by atoms with Crippen LogP contribution in [0.5, 0.6) is 0 Å². The molecule has 1 aromatic carbocycles. The minimum absolute atomic E-state index is 0.0204. The molecule has 0 saturated carbocycles. The van der Waals surface area contributed by atoms with Crippen LogP contribution < -0.4 is 49.9 Å². The van der Waals surface area contributed by atoms with Gasteiger partial charge in [0.25, 0.3) is 0 Å². The van der Waals surface area contributed by atoms with E-state index < -0.39 is 78.4 Å². The number of hydrogen-bond acceptors (Lipinski definition) is 11. The number of guanidine groups is 1. The number of carbonyl (C=O) groups excluding carboxylic acids is 5. The number of carboxylic acid groups (broad SMARTS) is 1. The van der Waals surface area contributed by atoms with Gasteiger partial charge in [0.2, 0.25) is 29.5 Å². The molecule has 302 valence electrons. The third-order valence-electron chi connectivity index (χ3n) is 9.00. The predicted octanol–water partition coefficient (Wildman–Crippen LogP) is -3.12. The topological polar surface area (TPSA) is 337 Å². The highest BCUT2D eigenvalue weighted by atomic mass is 16.4. The number of likely N-dealkylation sites (tertiary alicyclic amines) is 1. The van der Waals surface area contributed by atoms with Crippen LogP contribution in [0.25, 0.3) is 0 Å². The van der Waals surface area contributed by atoms with Gasteiger partial charge in [-0.15, -0.1) is 0 Å². The first-order valence-electron chi connectivity index (χ1n) is 18.4. The van der Waals surface area contributed by atoms with E-state index in [4.69, 9.17) is 28.7 Å². The van der Waals surface area contributed by atoms with Gasteiger partial charge in [-0.3, -0.25) is 29.0 Å². The van der Waals surface area contributed by atoms with E-state index in [9.17, 15) is 39.0 Å². The SMILES string of the molecule is NCCCC[C@H](NC(=O)[C@H](Cc1ccccc1)NC(=O)[C@H](CCCCN)NC(=O)[C@@H](N)CCCN=C(N)N)C(=O)N[C@@H](CO)C(=O)N1CCC[C@H]1C(=O)O. The van der Waals surface area contributed by atoms with E-state index in [0.29, 0.717) is 57.2 Å². The number of rotatable bonds is 25. The molecular formula is C35H59N11O8. The van der Waals surface area contributed by atoms with Gasteiger partial charge in [-0.1, -0.05) is 30.3 Å². The van der Waals surface area contributed by atoms with E-state index in [0.717, 1.165) is 4.90 Å². The van der Waals surface area contributed by atoms with Crippen molar-refractivity contribution in [2.45, 2.75) is 107 Å². The second-order valence-corrected chi connectivity index (χ2v) is 13.3. The fourth-order valence-electron chi connectivity index (χ4n) is 6.00. The van der Waals surface area contributed by atoms with Crippen molar-refractivity contribution in [3.05, 3.63) is 35.9 Å². The van der Waals surface area contributed by atoms with Crippen molar-refractivity contribution in [3.8, 4) is 0 Å². The van der Waals surface area contributed by atoms with Crippen LogP contribution in [0.2, 0.25) is 0 Å². The zero-order valence-electron chi connectivity index (χ0n) is 30.8. The van der Waals surface area contributed by atoms with Gasteiger partial charge < -0.3 is 65.0 Å². The highest BCUT2D eigenvalue weighted by Crippen LogP contribution is 2.19. The molecule has 54 heavy (non-hydrogen) atoms. The maximum atomic E-state index is 14.0. The van der Waals surface area contributed by atoms with Gasteiger partial charge in [0.15, 0.2) is 5.96 Å². The summed E-state index contributed by atoms with van der Waals surface area (Å²) < 4.78 is 0. The number of nitrogens with two attached hydrogens (primary N) is 5. The third kappa shape index (κ3) is 15.6. The van der Waals surface area contributed by atoms with Crippen molar-refractivity contribution in [2.24, 2.45) is 33.7 Å². The molecule has 0 radical (unpaired) electrons. The van der Waals surface area contributed by atoms with E-state index >= 15 is 0 Å². The van der Waals surface area contributed by atoms with Crippen LogP contribution in [0, 0.1) is 0 Å². The molecule has 1 aliphatic heterocycles. The van der Waals surface area contributed by atoms with Crippen molar-refractivity contribution in [3.63, 3.8) is 0 Å². The number of nitrogens with zero attached hydrogens (tertiary/aromatic N) is 2. The first-order chi connectivity index (χ1) is 25.8. The predicted molar refractivity (Wildman–Crippen MR) is 201 cm³/mol. The summed E-state index contributed by atoms with van der Waals surface area (Å²) in [6.07, 6.45) is 3.67. The summed E-state index contributed by atoms with van der Waals surface area (Å²) in [6, 6.07) is 1.84. The summed E-state index contributed by atoms with van der Waals surface area (Å²) in [5, 5.41) is 30.2. The molecule has 0 aromatic heterocycles. The highest BCUT2D eigenvalue weighted by Gasteiger charge is 2.38. The quantitative estimate of drug-likeness (QED) is 0.0267. The molecule has 1 saturated heterocycles. The zero-order chi connectivity index (χ0) is 40.0. The normalized spacial score (nSPS) is 16.6. The monoisotopic (exact) mass is 761 g/mol. The molecule has 1 fully saturated rings. The Morgan fingerprint density at radius 2 is 1.30 bits per heavy atom. The third-order valence-corrected chi connectivity index (χ3v) is 9.00. The smallest absolute Gasteiger partial charge is 0.326 e. The number of nitrogens with one attached hydrogen (secondary N) is 4. The van der Waals surface area contributed by atoms with Gasteiger partial charge in [0.05, 0.1) is 12.6 Å². The first-order valence-corrected chi connectivity index (χ1v) is 18.4. The fraction of sp³-hybridized carbons (Fsp3) is 0.629. The molecule has 1 heterocycles. The Balaban J connectivity index is 2.29. The molecule has 1 aromatic rings. The average molecular weight is 762 g/mol. The van der Waals surface area contributed by atoms with Crippen LogP contribution in [0.1, 0.15) is 69.8 Å². The Bertz CT molecular complexity index is 1400. The van der Waals surface area contributed by atoms with Gasteiger partial charge in [0, 0.05) is 19.5 Å². The molecule has 19 nitrogen and oxygen atoms in total. The van der Waals surface area contributed by atoms with E-state index in [2.05, 4.69) is 26.3 Å². The van der Waals surface area contributed by atoms with Gasteiger partial charge >= 0.3 is 5.97 Å². The molecule has 0 unspecified atom stereocenters. The lowest BCUT2D eigenvalue weighted by atomic mass is 10.0. The Hall–Kier alpha value is -4.85. The van der Waals surface area contributed by atoms with Crippen LogP contribution in [0.3, 0.4) is 0 Å². The summed E-state index contributed by atoms with van der Waals surface area (Å²) in [7, 11) is 0.